The highest BCUT2D eigenvalue weighted by atomic mass is 35.5. The average molecular weight is 273 g/mol. The molecule has 0 bridgehead atoms. The Morgan fingerprint density at radius 2 is 2.05 bits per heavy atom. The Morgan fingerprint density at radius 3 is 2.89 bits per heavy atom. The molecule has 0 aromatic heterocycles. The Labute approximate surface area is 116 Å². The number of fused-ring (bicyclic) bond motifs is 1. The summed E-state index contributed by atoms with van der Waals surface area (Å²) in [6, 6.07) is 12.9. The largest absolute Gasteiger partial charge is 0.384 e. The normalized spacial score (nSPS) is 12.7. The van der Waals surface area contributed by atoms with Crippen molar-refractivity contribution in [1.82, 2.24) is 0 Å². The maximum atomic E-state index is 12.2. The molecule has 1 amide bonds. The topological polar surface area (TPSA) is 41.1 Å². The van der Waals surface area contributed by atoms with Crippen LogP contribution in [0.2, 0.25) is 5.02 Å². The summed E-state index contributed by atoms with van der Waals surface area (Å²) in [4.78, 5) is 12.2. The van der Waals surface area contributed by atoms with Gasteiger partial charge in [-0.05, 0) is 36.2 Å². The van der Waals surface area contributed by atoms with Crippen LogP contribution in [0.4, 0.5) is 11.4 Å². The number of halogens is 1. The Bertz CT molecular complexity index is 640. The lowest BCUT2D eigenvalue weighted by atomic mass is 10.1. The molecule has 1 heterocycles. The molecule has 0 spiro atoms. The number of rotatable bonds is 2. The molecule has 2 N–H and O–H groups in total. The lowest BCUT2D eigenvalue weighted by Crippen LogP contribution is -2.12. The maximum Gasteiger partial charge on any atom is 0.255 e. The molecule has 0 unspecified atom stereocenters. The van der Waals surface area contributed by atoms with E-state index in [0.29, 0.717) is 16.3 Å². The van der Waals surface area contributed by atoms with E-state index in [1.54, 1.807) is 12.1 Å². The second-order valence-corrected chi connectivity index (χ2v) is 4.89. The summed E-state index contributed by atoms with van der Waals surface area (Å²) in [5, 5.41) is 6.62. The third kappa shape index (κ3) is 2.42. The summed E-state index contributed by atoms with van der Waals surface area (Å²) >= 11 is 6.02. The molecule has 4 heteroatoms. The predicted molar refractivity (Wildman–Crippen MR) is 78.0 cm³/mol. The van der Waals surface area contributed by atoms with Crippen molar-refractivity contribution in [3.8, 4) is 0 Å². The minimum absolute atomic E-state index is 0.149. The fraction of sp³-hybridized carbons (Fsp3) is 0.133. The highest BCUT2D eigenvalue weighted by Crippen LogP contribution is 2.25. The lowest BCUT2D eigenvalue weighted by Gasteiger charge is -2.08. The van der Waals surface area contributed by atoms with Gasteiger partial charge in [-0.2, -0.15) is 0 Å². The van der Waals surface area contributed by atoms with Gasteiger partial charge in [-0.1, -0.05) is 29.8 Å². The summed E-state index contributed by atoms with van der Waals surface area (Å²) in [7, 11) is 0. The van der Waals surface area contributed by atoms with E-state index < -0.39 is 0 Å². The van der Waals surface area contributed by atoms with Crippen LogP contribution in [0.5, 0.6) is 0 Å². The molecule has 0 fully saturated rings. The van der Waals surface area contributed by atoms with Crippen LogP contribution in [0, 0.1) is 0 Å². The van der Waals surface area contributed by atoms with Crippen LogP contribution in [0.3, 0.4) is 0 Å². The van der Waals surface area contributed by atoms with Gasteiger partial charge in [0.1, 0.15) is 0 Å². The van der Waals surface area contributed by atoms with Crippen LogP contribution in [0.25, 0.3) is 0 Å². The van der Waals surface area contributed by atoms with Gasteiger partial charge in [0.15, 0.2) is 0 Å². The van der Waals surface area contributed by atoms with Crippen molar-refractivity contribution < 1.29 is 4.79 Å². The van der Waals surface area contributed by atoms with Gasteiger partial charge in [-0.3, -0.25) is 4.79 Å². The molecule has 0 saturated heterocycles. The number of carbonyl (C=O) groups is 1. The van der Waals surface area contributed by atoms with E-state index in [1.807, 2.05) is 30.3 Å². The summed E-state index contributed by atoms with van der Waals surface area (Å²) in [6.45, 7) is 0.935. The second kappa shape index (κ2) is 4.94. The van der Waals surface area contributed by atoms with Crippen molar-refractivity contribution in [3.05, 3.63) is 58.6 Å². The molecule has 2 aromatic rings. The number of carbonyl (C=O) groups excluding carboxylic acids is 1. The first kappa shape index (κ1) is 12.1. The van der Waals surface area contributed by atoms with Crippen LogP contribution in [-0.4, -0.2) is 12.5 Å². The molecule has 0 aliphatic carbocycles. The van der Waals surface area contributed by atoms with Gasteiger partial charge in [0.25, 0.3) is 5.91 Å². The number of para-hydroxylation sites is 1. The molecule has 1 aliphatic rings. The Hall–Kier alpha value is -2.00. The van der Waals surface area contributed by atoms with Gasteiger partial charge >= 0.3 is 0 Å². The molecule has 2 aromatic carbocycles. The van der Waals surface area contributed by atoms with E-state index >= 15 is 0 Å². The molecular weight excluding hydrogens is 260 g/mol. The SMILES string of the molecule is O=C(Nc1ccccc1Cl)c1ccc2c(c1)NCC2. The average Bonchev–Trinajstić information content (AvgIpc) is 2.88. The zero-order chi connectivity index (χ0) is 13.2. The molecule has 1 aliphatic heterocycles. The van der Waals surface area contributed by atoms with E-state index in [0.717, 1.165) is 18.7 Å². The van der Waals surface area contributed by atoms with E-state index in [-0.39, 0.29) is 5.91 Å². The molecular formula is C15H13ClN2O. The molecule has 0 saturated carbocycles. The standard InChI is InChI=1S/C15H13ClN2O/c16-12-3-1-2-4-13(12)18-15(19)11-6-5-10-7-8-17-14(10)9-11/h1-6,9,17H,7-8H2,(H,18,19). The van der Waals surface area contributed by atoms with E-state index in [2.05, 4.69) is 10.6 Å². The second-order valence-electron chi connectivity index (χ2n) is 4.48. The summed E-state index contributed by atoms with van der Waals surface area (Å²) in [6.07, 6.45) is 1.02. The summed E-state index contributed by atoms with van der Waals surface area (Å²) < 4.78 is 0. The van der Waals surface area contributed by atoms with E-state index in [4.69, 9.17) is 11.6 Å². The van der Waals surface area contributed by atoms with Crippen molar-refractivity contribution in [2.75, 3.05) is 17.2 Å². The van der Waals surface area contributed by atoms with Crippen LogP contribution in [-0.2, 0) is 6.42 Å². The highest BCUT2D eigenvalue weighted by Gasteiger charge is 2.14. The zero-order valence-corrected chi connectivity index (χ0v) is 11.0. The minimum atomic E-state index is -0.149. The predicted octanol–water partition coefficient (Wildman–Crippen LogP) is 3.56. The van der Waals surface area contributed by atoms with E-state index in [1.165, 1.54) is 5.56 Å². The number of hydrogen-bond acceptors (Lipinski definition) is 2. The first-order chi connectivity index (χ1) is 9.24. The number of anilines is 2. The maximum absolute atomic E-state index is 12.2. The van der Waals surface area contributed by atoms with Gasteiger partial charge in [0.2, 0.25) is 0 Å². The molecule has 19 heavy (non-hydrogen) atoms. The first-order valence-electron chi connectivity index (χ1n) is 6.17. The van der Waals surface area contributed by atoms with E-state index in [9.17, 15) is 4.79 Å². The quantitative estimate of drug-likeness (QED) is 0.878. The molecule has 96 valence electrons. The van der Waals surface area contributed by atoms with Gasteiger partial charge in [0.05, 0.1) is 10.7 Å². The van der Waals surface area contributed by atoms with Gasteiger partial charge in [-0.25, -0.2) is 0 Å². The number of nitrogens with one attached hydrogen (secondary N) is 2. The van der Waals surface area contributed by atoms with Gasteiger partial charge in [-0.15, -0.1) is 0 Å². The minimum Gasteiger partial charge on any atom is -0.384 e. The molecule has 3 rings (SSSR count). The number of amides is 1. The molecule has 0 radical (unpaired) electrons. The van der Waals surface area contributed by atoms with Gasteiger partial charge < -0.3 is 10.6 Å². The Balaban J connectivity index is 1.83. The number of hydrogen-bond donors (Lipinski definition) is 2. The molecule has 0 atom stereocenters. The highest BCUT2D eigenvalue weighted by molar-refractivity contribution is 6.33. The van der Waals surface area contributed by atoms with Crippen molar-refractivity contribution >= 4 is 28.9 Å². The summed E-state index contributed by atoms with van der Waals surface area (Å²) in [5.74, 6) is -0.149. The third-order valence-corrected chi connectivity index (χ3v) is 3.53. The van der Waals surface area contributed by atoms with Crippen LogP contribution in [0.1, 0.15) is 15.9 Å². The third-order valence-electron chi connectivity index (χ3n) is 3.20. The Kier molecular flexibility index (Phi) is 3.13. The smallest absolute Gasteiger partial charge is 0.255 e. The first-order valence-corrected chi connectivity index (χ1v) is 6.54. The van der Waals surface area contributed by atoms with Gasteiger partial charge in [0, 0.05) is 17.8 Å². The number of benzene rings is 2. The molecule has 3 nitrogen and oxygen atoms in total. The van der Waals surface area contributed by atoms with Crippen LogP contribution >= 0.6 is 11.6 Å². The van der Waals surface area contributed by atoms with Crippen LogP contribution in [0.15, 0.2) is 42.5 Å². The lowest BCUT2D eigenvalue weighted by molar-refractivity contribution is 0.102. The zero-order valence-electron chi connectivity index (χ0n) is 10.2. The van der Waals surface area contributed by atoms with Crippen molar-refractivity contribution in [3.63, 3.8) is 0 Å². The van der Waals surface area contributed by atoms with Crippen LogP contribution < -0.4 is 10.6 Å². The summed E-state index contributed by atoms with van der Waals surface area (Å²) in [5.41, 5.74) is 3.57. The van der Waals surface area contributed by atoms with Crippen molar-refractivity contribution in [2.24, 2.45) is 0 Å². The fourth-order valence-electron chi connectivity index (χ4n) is 2.19. The fourth-order valence-corrected chi connectivity index (χ4v) is 2.37. The monoisotopic (exact) mass is 272 g/mol. The Morgan fingerprint density at radius 1 is 1.21 bits per heavy atom. The van der Waals surface area contributed by atoms with Crippen molar-refractivity contribution in [2.45, 2.75) is 6.42 Å². The van der Waals surface area contributed by atoms with Crippen molar-refractivity contribution in [1.29, 1.82) is 0 Å².